The second kappa shape index (κ2) is 5.54. The van der Waals surface area contributed by atoms with E-state index in [1.54, 1.807) is 0 Å². The van der Waals surface area contributed by atoms with Crippen molar-refractivity contribution in [3.63, 3.8) is 0 Å². The monoisotopic (exact) mass is 296 g/mol. The van der Waals surface area contributed by atoms with Crippen LogP contribution in [0, 0.1) is 0 Å². The van der Waals surface area contributed by atoms with E-state index in [1.807, 2.05) is 17.0 Å². The summed E-state index contributed by atoms with van der Waals surface area (Å²) in [6, 6.07) is 5.99. The van der Waals surface area contributed by atoms with E-state index >= 15 is 0 Å². The molecule has 1 aromatic rings. The molecule has 3 nitrogen and oxygen atoms in total. The van der Waals surface area contributed by atoms with Gasteiger partial charge in [0.05, 0.1) is 0 Å². The maximum atomic E-state index is 12.0. The number of urea groups is 1. The van der Waals surface area contributed by atoms with Crippen molar-refractivity contribution in [2.75, 3.05) is 18.4 Å². The summed E-state index contributed by atoms with van der Waals surface area (Å²) >= 11 is 3.45. The third-order valence-corrected chi connectivity index (χ3v) is 3.58. The molecule has 1 saturated heterocycles. The fraction of sp³-hybridized carbons (Fsp3) is 0.462. The molecule has 1 aromatic carbocycles. The summed E-state index contributed by atoms with van der Waals surface area (Å²) in [5.41, 5.74) is 2.08. The van der Waals surface area contributed by atoms with E-state index in [-0.39, 0.29) is 6.03 Å². The van der Waals surface area contributed by atoms with Crippen LogP contribution in [-0.2, 0) is 6.42 Å². The van der Waals surface area contributed by atoms with E-state index in [0.717, 1.165) is 48.1 Å². The van der Waals surface area contributed by atoms with Crippen LogP contribution in [0.5, 0.6) is 0 Å². The molecule has 4 heteroatoms. The molecule has 0 bridgehead atoms. The lowest BCUT2D eigenvalue weighted by molar-refractivity contribution is 0.222. The molecule has 0 unspecified atom stereocenters. The number of benzene rings is 1. The van der Waals surface area contributed by atoms with Crippen molar-refractivity contribution in [2.24, 2.45) is 0 Å². The molecule has 1 fully saturated rings. The second-order valence-electron chi connectivity index (χ2n) is 4.28. The van der Waals surface area contributed by atoms with Crippen LogP contribution in [0.15, 0.2) is 22.7 Å². The molecule has 2 rings (SSSR count). The van der Waals surface area contributed by atoms with Gasteiger partial charge in [0.25, 0.3) is 0 Å². The molecule has 1 N–H and O–H groups in total. The first kappa shape index (κ1) is 12.4. The number of nitrogens with zero attached hydrogens (tertiary/aromatic N) is 1. The number of aryl methyl sites for hydroxylation is 1. The van der Waals surface area contributed by atoms with Gasteiger partial charge in [-0.15, -0.1) is 0 Å². The van der Waals surface area contributed by atoms with E-state index < -0.39 is 0 Å². The Balaban J connectivity index is 2.09. The van der Waals surface area contributed by atoms with Crippen LogP contribution in [0.25, 0.3) is 0 Å². The molecule has 0 atom stereocenters. The van der Waals surface area contributed by atoms with Gasteiger partial charge in [-0.05, 0) is 43.0 Å². The molecule has 92 valence electrons. The van der Waals surface area contributed by atoms with Crippen molar-refractivity contribution in [2.45, 2.75) is 26.2 Å². The van der Waals surface area contributed by atoms with Crippen LogP contribution in [0.2, 0.25) is 0 Å². The number of likely N-dealkylation sites (tertiary alicyclic amines) is 1. The van der Waals surface area contributed by atoms with Crippen LogP contribution in [0.1, 0.15) is 25.3 Å². The number of rotatable bonds is 2. The minimum atomic E-state index is 0.0273. The van der Waals surface area contributed by atoms with E-state index in [4.69, 9.17) is 0 Å². The molecule has 1 heterocycles. The number of carbonyl (C=O) groups excluding carboxylic acids is 1. The quantitative estimate of drug-likeness (QED) is 0.888. The lowest BCUT2D eigenvalue weighted by atomic mass is 10.1. The number of anilines is 1. The lowest BCUT2D eigenvalue weighted by Gasteiger charge is -2.17. The molecule has 17 heavy (non-hydrogen) atoms. The fourth-order valence-corrected chi connectivity index (χ4v) is 2.50. The highest BCUT2D eigenvalue weighted by atomic mass is 79.9. The maximum absolute atomic E-state index is 12.0. The van der Waals surface area contributed by atoms with E-state index in [2.05, 4.69) is 34.2 Å². The van der Waals surface area contributed by atoms with Crippen LogP contribution in [-0.4, -0.2) is 24.0 Å². The van der Waals surface area contributed by atoms with Gasteiger partial charge in [0.2, 0.25) is 0 Å². The maximum Gasteiger partial charge on any atom is 0.321 e. The number of amides is 2. The molecule has 2 amide bonds. The van der Waals surface area contributed by atoms with Crippen molar-refractivity contribution in [1.82, 2.24) is 4.90 Å². The predicted molar refractivity (Wildman–Crippen MR) is 73.3 cm³/mol. The van der Waals surface area contributed by atoms with Crippen LogP contribution < -0.4 is 5.32 Å². The molecule has 0 saturated carbocycles. The average molecular weight is 297 g/mol. The standard InChI is InChI=1S/C13H17BrN2O/c1-2-10-9-11(14)5-6-12(10)15-13(17)16-7-3-4-8-16/h5-6,9H,2-4,7-8H2,1H3,(H,15,17). The van der Waals surface area contributed by atoms with Crippen molar-refractivity contribution in [3.8, 4) is 0 Å². The highest BCUT2D eigenvalue weighted by molar-refractivity contribution is 9.10. The van der Waals surface area contributed by atoms with Gasteiger partial charge in [-0.25, -0.2) is 4.79 Å². The topological polar surface area (TPSA) is 32.3 Å². The molecule has 0 aliphatic carbocycles. The number of nitrogens with one attached hydrogen (secondary N) is 1. The number of carbonyl (C=O) groups is 1. The summed E-state index contributed by atoms with van der Waals surface area (Å²) in [7, 11) is 0. The zero-order chi connectivity index (χ0) is 12.3. The zero-order valence-corrected chi connectivity index (χ0v) is 11.6. The smallest absolute Gasteiger partial charge is 0.321 e. The summed E-state index contributed by atoms with van der Waals surface area (Å²) in [6.45, 7) is 3.85. The zero-order valence-electron chi connectivity index (χ0n) is 10.0. The normalized spacial score (nSPS) is 15.1. The third kappa shape index (κ3) is 3.00. The second-order valence-corrected chi connectivity index (χ2v) is 5.20. The molecular formula is C13H17BrN2O. The first-order valence-corrected chi connectivity index (χ1v) is 6.84. The minimum absolute atomic E-state index is 0.0273. The van der Waals surface area contributed by atoms with Gasteiger partial charge in [0.15, 0.2) is 0 Å². The molecular weight excluding hydrogens is 280 g/mol. The predicted octanol–water partition coefficient (Wildman–Crippen LogP) is 3.64. The summed E-state index contributed by atoms with van der Waals surface area (Å²) < 4.78 is 1.05. The molecule has 1 aliphatic heterocycles. The summed E-state index contributed by atoms with van der Waals surface area (Å²) in [4.78, 5) is 13.8. The molecule has 0 radical (unpaired) electrons. The summed E-state index contributed by atoms with van der Waals surface area (Å²) in [5.74, 6) is 0. The van der Waals surface area contributed by atoms with Crippen molar-refractivity contribution in [1.29, 1.82) is 0 Å². The average Bonchev–Trinajstić information content (AvgIpc) is 2.85. The van der Waals surface area contributed by atoms with Crippen molar-refractivity contribution in [3.05, 3.63) is 28.2 Å². The Morgan fingerprint density at radius 1 is 1.41 bits per heavy atom. The number of hydrogen-bond acceptors (Lipinski definition) is 1. The molecule has 0 spiro atoms. The largest absolute Gasteiger partial charge is 0.325 e. The molecule has 0 aromatic heterocycles. The van der Waals surface area contributed by atoms with Crippen LogP contribution >= 0.6 is 15.9 Å². The van der Waals surface area contributed by atoms with Crippen LogP contribution in [0.3, 0.4) is 0 Å². The van der Waals surface area contributed by atoms with Gasteiger partial charge >= 0.3 is 6.03 Å². The first-order valence-electron chi connectivity index (χ1n) is 6.05. The first-order chi connectivity index (χ1) is 8.20. The van der Waals surface area contributed by atoms with Gasteiger partial charge in [-0.3, -0.25) is 0 Å². The highest BCUT2D eigenvalue weighted by Gasteiger charge is 2.18. The summed E-state index contributed by atoms with van der Waals surface area (Å²) in [6.07, 6.45) is 3.15. The van der Waals surface area contributed by atoms with E-state index in [1.165, 1.54) is 0 Å². The van der Waals surface area contributed by atoms with Gasteiger partial charge in [-0.2, -0.15) is 0 Å². The van der Waals surface area contributed by atoms with Gasteiger partial charge in [0.1, 0.15) is 0 Å². The fourth-order valence-electron chi connectivity index (χ4n) is 2.09. The number of hydrogen-bond donors (Lipinski definition) is 1. The van der Waals surface area contributed by atoms with Crippen molar-refractivity contribution >= 4 is 27.6 Å². The minimum Gasteiger partial charge on any atom is -0.325 e. The highest BCUT2D eigenvalue weighted by Crippen LogP contribution is 2.22. The van der Waals surface area contributed by atoms with E-state index in [9.17, 15) is 4.79 Å². The van der Waals surface area contributed by atoms with E-state index in [0.29, 0.717) is 0 Å². The Labute approximate surface area is 110 Å². The SMILES string of the molecule is CCc1cc(Br)ccc1NC(=O)N1CCCC1. The van der Waals surface area contributed by atoms with Crippen molar-refractivity contribution < 1.29 is 4.79 Å². The summed E-state index contributed by atoms with van der Waals surface area (Å²) in [5, 5.41) is 3.00. The van der Waals surface area contributed by atoms with Gasteiger partial charge < -0.3 is 10.2 Å². The third-order valence-electron chi connectivity index (χ3n) is 3.08. The molecule has 1 aliphatic rings. The van der Waals surface area contributed by atoms with Gasteiger partial charge in [-0.1, -0.05) is 22.9 Å². The Hall–Kier alpha value is -1.03. The Morgan fingerprint density at radius 3 is 2.76 bits per heavy atom. The Bertz CT molecular complexity index is 414. The Morgan fingerprint density at radius 2 is 2.12 bits per heavy atom. The van der Waals surface area contributed by atoms with Gasteiger partial charge in [0, 0.05) is 23.2 Å². The van der Waals surface area contributed by atoms with Crippen LogP contribution in [0.4, 0.5) is 10.5 Å². The Kier molecular flexibility index (Phi) is 4.05. The lowest BCUT2D eigenvalue weighted by Crippen LogP contribution is -2.32. The number of halogens is 1.